The van der Waals surface area contributed by atoms with Gasteiger partial charge in [0.25, 0.3) is 0 Å². The van der Waals surface area contributed by atoms with Gasteiger partial charge in [0.2, 0.25) is 5.88 Å². The van der Waals surface area contributed by atoms with Gasteiger partial charge in [-0.3, -0.25) is 0 Å². The number of hydrogen-bond donors (Lipinski definition) is 0. The number of rotatable bonds is 4. The van der Waals surface area contributed by atoms with Gasteiger partial charge < -0.3 is 9.47 Å². The van der Waals surface area contributed by atoms with Crippen LogP contribution in [-0.4, -0.2) is 29.9 Å². The van der Waals surface area contributed by atoms with Crippen LogP contribution in [0.4, 0.5) is 0 Å². The van der Waals surface area contributed by atoms with Crippen molar-refractivity contribution in [3.8, 4) is 17.1 Å². The van der Waals surface area contributed by atoms with Gasteiger partial charge in [0.05, 0.1) is 25.0 Å². The van der Waals surface area contributed by atoms with Crippen molar-refractivity contribution >= 4 is 5.97 Å². The molecule has 5 nitrogen and oxygen atoms in total. The van der Waals surface area contributed by atoms with Gasteiger partial charge >= 0.3 is 5.97 Å². The molecule has 0 atom stereocenters. The lowest BCUT2D eigenvalue weighted by Gasteiger charge is -2.04. The third kappa shape index (κ3) is 3.07. The molecule has 2 rings (SSSR count). The SMILES string of the molecule is CCOc1ccc(-c2ccc(C(=O)OC)cc2)nn1. The fraction of sp³-hybridized carbons (Fsp3) is 0.214. The van der Waals surface area contributed by atoms with Crippen LogP contribution >= 0.6 is 0 Å². The molecule has 5 heteroatoms. The average molecular weight is 258 g/mol. The Morgan fingerprint density at radius 2 is 1.84 bits per heavy atom. The fourth-order valence-electron chi connectivity index (χ4n) is 1.59. The minimum absolute atomic E-state index is 0.357. The number of ether oxygens (including phenoxy) is 2. The lowest BCUT2D eigenvalue weighted by atomic mass is 10.1. The molecule has 0 radical (unpaired) electrons. The van der Waals surface area contributed by atoms with Gasteiger partial charge in [-0.2, -0.15) is 0 Å². The van der Waals surface area contributed by atoms with Gasteiger partial charge in [0.1, 0.15) is 0 Å². The van der Waals surface area contributed by atoms with E-state index >= 15 is 0 Å². The number of carbonyl (C=O) groups excluding carboxylic acids is 1. The molecule has 2 aromatic rings. The molecule has 1 heterocycles. The first-order valence-electron chi connectivity index (χ1n) is 5.90. The van der Waals surface area contributed by atoms with Crippen LogP contribution in [0.3, 0.4) is 0 Å². The topological polar surface area (TPSA) is 61.3 Å². The lowest BCUT2D eigenvalue weighted by Crippen LogP contribution is -2.00. The summed E-state index contributed by atoms with van der Waals surface area (Å²) in [6.45, 7) is 2.45. The van der Waals surface area contributed by atoms with Crippen molar-refractivity contribution in [1.82, 2.24) is 10.2 Å². The van der Waals surface area contributed by atoms with Crippen molar-refractivity contribution in [2.75, 3.05) is 13.7 Å². The summed E-state index contributed by atoms with van der Waals surface area (Å²) >= 11 is 0. The van der Waals surface area contributed by atoms with Crippen LogP contribution in [0, 0.1) is 0 Å². The van der Waals surface area contributed by atoms with Gasteiger partial charge in [-0.1, -0.05) is 12.1 Å². The van der Waals surface area contributed by atoms with E-state index < -0.39 is 0 Å². The zero-order valence-corrected chi connectivity index (χ0v) is 10.8. The second-order valence-corrected chi connectivity index (χ2v) is 3.76. The quantitative estimate of drug-likeness (QED) is 0.788. The zero-order valence-electron chi connectivity index (χ0n) is 10.8. The molecule has 0 bridgehead atoms. The number of esters is 1. The molecule has 1 aromatic heterocycles. The zero-order chi connectivity index (χ0) is 13.7. The summed E-state index contributed by atoms with van der Waals surface area (Å²) in [5.74, 6) is 0.141. The molecule has 19 heavy (non-hydrogen) atoms. The summed E-state index contributed by atoms with van der Waals surface area (Å²) in [5.41, 5.74) is 2.10. The van der Waals surface area contributed by atoms with E-state index in [0.29, 0.717) is 18.1 Å². The standard InChI is InChI=1S/C14H14N2O3/c1-3-19-13-9-8-12(15-16-13)10-4-6-11(7-5-10)14(17)18-2/h4-9H,3H2,1-2H3. The molecule has 0 unspecified atom stereocenters. The number of nitrogens with zero attached hydrogens (tertiary/aromatic N) is 2. The van der Waals surface area contributed by atoms with Gasteiger partial charge in [-0.25, -0.2) is 4.79 Å². The second-order valence-electron chi connectivity index (χ2n) is 3.76. The molecule has 0 N–H and O–H groups in total. The monoisotopic (exact) mass is 258 g/mol. The molecule has 0 saturated carbocycles. The Kier molecular flexibility index (Phi) is 4.07. The minimum atomic E-state index is -0.357. The largest absolute Gasteiger partial charge is 0.477 e. The molecule has 0 amide bonds. The van der Waals surface area contributed by atoms with E-state index in [0.717, 1.165) is 11.3 Å². The number of benzene rings is 1. The molecule has 0 spiro atoms. The highest BCUT2D eigenvalue weighted by Gasteiger charge is 2.06. The number of aromatic nitrogens is 2. The van der Waals surface area contributed by atoms with E-state index in [1.807, 2.05) is 13.0 Å². The highest BCUT2D eigenvalue weighted by Crippen LogP contribution is 2.18. The Bertz CT molecular complexity index is 550. The predicted molar refractivity (Wildman–Crippen MR) is 70.0 cm³/mol. The van der Waals surface area contributed by atoms with E-state index in [9.17, 15) is 4.79 Å². The normalized spacial score (nSPS) is 10.0. The van der Waals surface area contributed by atoms with E-state index in [1.165, 1.54) is 7.11 Å². The van der Waals surface area contributed by atoms with Gasteiger partial charge in [0, 0.05) is 11.6 Å². The van der Waals surface area contributed by atoms with Crippen molar-refractivity contribution in [3.05, 3.63) is 42.0 Å². The average Bonchev–Trinajstić information content (AvgIpc) is 2.48. The van der Waals surface area contributed by atoms with Crippen molar-refractivity contribution < 1.29 is 14.3 Å². The first kappa shape index (κ1) is 13.0. The van der Waals surface area contributed by atoms with Gasteiger partial charge in [0.15, 0.2) is 0 Å². The lowest BCUT2D eigenvalue weighted by molar-refractivity contribution is 0.0601. The van der Waals surface area contributed by atoms with Crippen molar-refractivity contribution in [2.24, 2.45) is 0 Å². The minimum Gasteiger partial charge on any atom is -0.477 e. The van der Waals surface area contributed by atoms with Crippen molar-refractivity contribution in [3.63, 3.8) is 0 Å². The molecule has 0 saturated heterocycles. The second kappa shape index (κ2) is 5.95. The Morgan fingerprint density at radius 1 is 1.11 bits per heavy atom. The molecular formula is C14H14N2O3. The summed E-state index contributed by atoms with van der Waals surface area (Å²) < 4.78 is 9.87. The number of carbonyl (C=O) groups is 1. The summed E-state index contributed by atoms with van der Waals surface area (Å²) in [6, 6.07) is 10.6. The molecular weight excluding hydrogens is 244 g/mol. The highest BCUT2D eigenvalue weighted by atomic mass is 16.5. The molecule has 98 valence electrons. The molecule has 0 aliphatic heterocycles. The van der Waals surface area contributed by atoms with Gasteiger partial charge in [-0.15, -0.1) is 10.2 Å². The van der Waals surface area contributed by atoms with Crippen LogP contribution in [0.2, 0.25) is 0 Å². The third-order valence-corrected chi connectivity index (χ3v) is 2.53. The maximum absolute atomic E-state index is 11.3. The van der Waals surface area contributed by atoms with Crippen molar-refractivity contribution in [1.29, 1.82) is 0 Å². The van der Waals surface area contributed by atoms with E-state index in [1.54, 1.807) is 30.3 Å². The Balaban J connectivity index is 2.19. The van der Waals surface area contributed by atoms with E-state index in [2.05, 4.69) is 14.9 Å². The predicted octanol–water partition coefficient (Wildman–Crippen LogP) is 2.33. The van der Waals surface area contributed by atoms with E-state index in [-0.39, 0.29) is 5.97 Å². The summed E-state index contributed by atoms with van der Waals surface area (Å²) in [4.78, 5) is 11.3. The fourth-order valence-corrected chi connectivity index (χ4v) is 1.59. The summed E-state index contributed by atoms with van der Waals surface area (Å²) in [7, 11) is 1.36. The van der Waals surface area contributed by atoms with Crippen LogP contribution in [0.25, 0.3) is 11.3 Å². The maximum Gasteiger partial charge on any atom is 0.337 e. The first-order chi connectivity index (χ1) is 9.24. The summed E-state index contributed by atoms with van der Waals surface area (Å²) in [6.07, 6.45) is 0. The van der Waals surface area contributed by atoms with Crippen LogP contribution in [0.5, 0.6) is 5.88 Å². The van der Waals surface area contributed by atoms with Crippen LogP contribution in [0.1, 0.15) is 17.3 Å². The Hall–Kier alpha value is -2.43. The third-order valence-electron chi connectivity index (χ3n) is 2.53. The molecule has 0 aliphatic rings. The van der Waals surface area contributed by atoms with Crippen LogP contribution < -0.4 is 4.74 Å². The molecule has 0 fully saturated rings. The van der Waals surface area contributed by atoms with Crippen molar-refractivity contribution in [2.45, 2.75) is 6.92 Å². The van der Waals surface area contributed by atoms with Crippen LogP contribution in [-0.2, 0) is 4.74 Å². The van der Waals surface area contributed by atoms with E-state index in [4.69, 9.17) is 4.74 Å². The summed E-state index contributed by atoms with van der Waals surface area (Å²) in [5, 5.41) is 8.03. The smallest absolute Gasteiger partial charge is 0.337 e. The Labute approximate surface area is 111 Å². The highest BCUT2D eigenvalue weighted by molar-refractivity contribution is 5.89. The first-order valence-corrected chi connectivity index (χ1v) is 5.90. The maximum atomic E-state index is 11.3. The number of methoxy groups -OCH3 is 1. The van der Waals surface area contributed by atoms with Crippen LogP contribution in [0.15, 0.2) is 36.4 Å². The Morgan fingerprint density at radius 3 is 2.37 bits per heavy atom. The number of hydrogen-bond acceptors (Lipinski definition) is 5. The molecule has 0 aliphatic carbocycles. The molecule has 1 aromatic carbocycles. The van der Waals surface area contributed by atoms with Gasteiger partial charge in [-0.05, 0) is 25.1 Å².